The largest absolute Gasteiger partial charge is 0.468 e. The van der Waals surface area contributed by atoms with Gasteiger partial charge in [-0.15, -0.1) is 0 Å². The molecule has 0 aromatic carbocycles. The van der Waals surface area contributed by atoms with Crippen LogP contribution in [0.1, 0.15) is 59.3 Å². The van der Waals surface area contributed by atoms with Crippen LogP contribution in [0, 0.1) is 40.4 Å². The van der Waals surface area contributed by atoms with Crippen LogP contribution in [0.25, 0.3) is 0 Å². The Balaban J connectivity index is 1.58. The van der Waals surface area contributed by atoms with Crippen molar-refractivity contribution in [2.75, 3.05) is 6.61 Å². The van der Waals surface area contributed by atoms with E-state index in [2.05, 4.69) is 26.8 Å². The summed E-state index contributed by atoms with van der Waals surface area (Å²) in [5.74, 6) is 3.47. The Kier molecular flexibility index (Phi) is 4.40. The van der Waals surface area contributed by atoms with E-state index in [1.165, 1.54) is 37.7 Å². The van der Waals surface area contributed by atoms with Crippen molar-refractivity contribution in [2.45, 2.75) is 59.3 Å². The zero-order valence-electron chi connectivity index (χ0n) is 16.4. The highest BCUT2D eigenvalue weighted by Gasteiger charge is 2.59. The smallest absolute Gasteiger partial charge is 0.293 e. The van der Waals surface area contributed by atoms with Crippen LogP contribution in [0.2, 0.25) is 0 Å². The fourth-order valence-electron chi connectivity index (χ4n) is 7.48. The van der Waals surface area contributed by atoms with Crippen LogP contribution in [0.5, 0.6) is 0 Å². The first-order valence-electron chi connectivity index (χ1n) is 10.4. The molecule has 3 heteroatoms. The van der Waals surface area contributed by atoms with Gasteiger partial charge in [-0.1, -0.05) is 32.4 Å². The van der Waals surface area contributed by atoms with Gasteiger partial charge in [0.2, 0.25) is 0 Å². The van der Waals surface area contributed by atoms with Gasteiger partial charge in [-0.3, -0.25) is 9.59 Å². The number of ketones is 1. The minimum Gasteiger partial charge on any atom is -0.468 e. The molecule has 4 unspecified atom stereocenters. The third-order valence-corrected chi connectivity index (χ3v) is 8.74. The molecule has 26 heavy (non-hydrogen) atoms. The SMILES string of the molecule is CC(COC=O)[C@H]1CCC2C3CCC4=CC(=O)C=C[C@]4(C)C3CC[C@@]21C. The Hall–Kier alpha value is -1.38. The molecule has 0 aromatic heterocycles. The average molecular weight is 357 g/mol. The molecule has 0 aromatic rings. The highest BCUT2D eigenvalue weighted by molar-refractivity contribution is 6.01. The molecule has 0 aliphatic heterocycles. The van der Waals surface area contributed by atoms with Crippen molar-refractivity contribution in [3.63, 3.8) is 0 Å². The molecule has 0 spiro atoms. The van der Waals surface area contributed by atoms with E-state index in [-0.39, 0.29) is 11.2 Å². The summed E-state index contributed by atoms with van der Waals surface area (Å²) in [7, 11) is 0. The van der Waals surface area contributed by atoms with Crippen LogP contribution in [-0.2, 0) is 14.3 Å². The number of fused-ring (bicyclic) bond motifs is 5. The van der Waals surface area contributed by atoms with E-state index in [1.54, 1.807) is 6.08 Å². The van der Waals surface area contributed by atoms with Crippen molar-refractivity contribution in [1.82, 2.24) is 0 Å². The molecule has 0 saturated heterocycles. The van der Waals surface area contributed by atoms with Crippen molar-refractivity contribution in [3.8, 4) is 0 Å². The normalized spacial score (nSPS) is 45.2. The first kappa shape index (κ1) is 18.0. The third kappa shape index (κ3) is 2.53. The summed E-state index contributed by atoms with van der Waals surface area (Å²) in [5.41, 5.74) is 1.83. The first-order chi connectivity index (χ1) is 12.4. The van der Waals surface area contributed by atoms with Crippen LogP contribution in [0.4, 0.5) is 0 Å². The molecule has 3 fully saturated rings. The van der Waals surface area contributed by atoms with E-state index in [1.807, 2.05) is 6.08 Å². The Bertz CT molecular complexity index is 662. The quantitative estimate of drug-likeness (QED) is 0.685. The van der Waals surface area contributed by atoms with Crippen LogP contribution in [-0.4, -0.2) is 18.9 Å². The summed E-state index contributed by atoms with van der Waals surface area (Å²) in [4.78, 5) is 22.5. The maximum atomic E-state index is 11.9. The van der Waals surface area contributed by atoms with Gasteiger partial charge in [0.1, 0.15) is 0 Å². The van der Waals surface area contributed by atoms with Gasteiger partial charge in [0.05, 0.1) is 6.61 Å². The molecule has 3 saturated carbocycles. The topological polar surface area (TPSA) is 43.4 Å². The van der Waals surface area contributed by atoms with E-state index in [4.69, 9.17) is 4.74 Å². The summed E-state index contributed by atoms with van der Waals surface area (Å²) in [6, 6.07) is 0. The maximum Gasteiger partial charge on any atom is 0.293 e. The van der Waals surface area contributed by atoms with E-state index in [0.717, 1.165) is 18.3 Å². The lowest BCUT2D eigenvalue weighted by molar-refractivity contribution is -0.131. The molecule has 0 heterocycles. The number of hydrogen-bond donors (Lipinski definition) is 0. The lowest BCUT2D eigenvalue weighted by Crippen LogP contribution is -2.50. The minimum absolute atomic E-state index is 0.0858. The molecule has 4 aliphatic carbocycles. The molecule has 3 nitrogen and oxygen atoms in total. The Labute approximate surface area is 157 Å². The summed E-state index contributed by atoms with van der Waals surface area (Å²) in [6.07, 6.45) is 13.3. The number of carbonyl (C=O) groups is 2. The van der Waals surface area contributed by atoms with Crippen LogP contribution < -0.4 is 0 Å². The second kappa shape index (κ2) is 6.35. The molecule has 142 valence electrons. The fourth-order valence-corrected chi connectivity index (χ4v) is 7.48. The molecule has 0 bridgehead atoms. The first-order valence-corrected chi connectivity index (χ1v) is 10.4. The van der Waals surface area contributed by atoms with Crippen LogP contribution in [0.15, 0.2) is 23.8 Å². The van der Waals surface area contributed by atoms with Gasteiger partial charge in [0.25, 0.3) is 6.47 Å². The van der Waals surface area contributed by atoms with E-state index >= 15 is 0 Å². The standard InChI is InChI=1S/C23H32O3/c1-15(13-26-14-24)19-6-7-20-18-5-4-16-12-17(25)8-10-22(16,2)21(18)9-11-23(19,20)3/h8,10,12,14-15,18-21H,4-7,9,11,13H2,1-3H3/t15?,18?,19-,20?,21?,22+,23-/m1/s1. The summed E-state index contributed by atoms with van der Waals surface area (Å²) in [5, 5.41) is 0. The molecule has 0 N–H and O–H groups in total. The van der Waals surface area contributed by atoms with Crippen molar-refractivity contribution < 1.29 is 14.3 Å². The predicted octanol–water partition coefficient (Wildman–Crippen LogP) is 4.72. The van der Waals surface area contributed by atoms with E-state index in [9.17, 15) is 9.59 Å². The molecular formula is C23H32O3. The van der Waals surface area contributed by atoms with Gasteiger partial charge in [-0.05, 0) is 85.7 Å². The lowest BCUT2D eigenvalue weighted by atomic mass is 9.47. The average Bonchev–Trinajstić information content (AvgIpc) is 2.97. The van der Waals surface area contributed by atoms with Crippen molar-refractivity contribution in [3.05, 3.63) is 23.8 Å². The van der Waals surface area contributed by atoms with Gasteiger partial charge < -0.3 is 4.74 Å². The Morgan fingerprint density at radius 1 is 1.23 bits per heavy atom. The molecule has 4 aliphatic rings. The molecular weight excluding hydrogens is 324 g/mol. The van der Waals surface area contributed by atoms with Gasteiger partial charge in [0, 0.05) is 5.41 Å². The van der Waals surface area contributed by atoms with Crippen molar-refractivity contribution >= 4 is 12.3 Å². The highest BCUT2D eigenvalue weighted by Crippen LogP contribution is 2.66. The number of hydrogen-bond acceptors (Lipinski definition) is 3. The predicted molar refractivity (Wildman–Crippen MR) is 101 cm³/mol. The summed E-state index contributed by atoms with van der Waals surface area (Å²) in [6.45, 7) is 8.28. The molecule has 0 radical (unpaired) electrons. The number of allylic oxidation sites excluding steroid dienone is 4. The molecule has 7 atom stereocenters. The zero-order valence-corrected chi connectivity index (χ0v) is 16.4. The van der Waals surface area contributed by atoms with E-state index < -0.39 is 0 Å². The third-order valence-electron chi connectivity index (χ3n) is 8.74. The van der Waals surface area contributed by atoms with Gasteiger partial charge in [-0.2, -0.15) is 0 Å². The number of rotatable bonds is 4. The van der Waals surface area contributed by atoms with Gasteiger partial charge in [-0.25, -0.2) is 0 Å². The second-order valence-electron chi connectivity index (χ2n) is 9.74. The van der Waals surface area contributed by atoms with E-state index in [0.29, 0.717) is 36.2 Å². The Morgan fingerprint density at radius 2 is 2.04 bits per heavy atom. The zero-order chi connectivity index (χ0) is 18.5. The van der Waals surface area contributed by atoms with Crippen molar-refractivity contribution in [1.29, 1.82) is 0 Å². The number of ether oxygens (including phenoxy) is 1. The van der Waals surface area contributed by atoms with Crippen LogP contribution in [0.3, 0.4) is 0 Å². The fraction of sp³-hybridized carbons (Fsp3) is 0.739. The second-order valence-corrected chi connectivity index (χ2v) is 9.74. The molecule has 0 amide bonds. The van der Waals surface area contributed by atoms with Gasteiger partial charge in [0.15, 0.2) is 5.78 Å². The Morgan fingerprint density at radius 3 is 2.81 bits per heavy atom. The lowest BCUT2D eigenvalue weighted by Gasteiger charge is -2.57. The van der Waals surface area contributed by atoms with Crippen molar-refractivity contribution in [2.24, 2.45) is 40.4 Å². The number of carbonyl (C=O) groups excluding carboxylic acids is 2. The molecule has 4 rings (SSSR count). The maximum absolute atomic E-state index is 11.9. The summed E-state index contributed by atoms with van der Waals surface area (Å²) < 4.78 is 5.11. The van der Waals surface area contributed by atoms with Gasteiger partial charge >= 0.3 is 0 Å². The highest BCUT2D eigenvalue weighted by atomic mass is 16.5. The van der Waals surface area contributed by atoms with Crippen LogP contribution >= 0.6 is 0 Å². The summed E-state index contributed by atoms with van der Waals surface area (Å²) >= 11 is 0. The monoisotopic (exact) mass is 356 g/mol. The minimum atomic E-state index is 0.0858.